The van der Waals surface area contributed by atoms with Crippen LogP contribution in [-0.2, 0) is 14.4 Å². The molecule has 0 saturated heterocycles. The first kappa shape index (κ1) is 26.7. The highest BCUT2D eigenvalue weighted by molar-refractivity contribution is 7.99. The molecule has 0 unspecified atom stereocenters. The van der Waals surface area contributed by atoms with Crippen molar-refractivity contribution in [1.29, 1.82) is 0 Å². The minimum Gasteiger partial charge on any atom is -0.481 e. The summed E-state index contributed by atoms with van der Waals surface area (Å²) in [4.78, 5) is 34.1. The molecule has 0 radical (unpaired) electrons. The van der Waals surface area contributed by atoms with E-state index in [0.29, 0.717) is 5.75 Å². The summed E-state index contributed by atoms with van der Waals surface area (Å²) in [6, 6.07) is -0.396. The van der Waals surface area contributed by atoms with Crippen molar-refractivity contribution in [3.8, 4) is 0 Å². The van der Waals surface area contributed by atoms with Crippen LogP contribution in [0.5, 0.6) is 0 Å². The Kier molecular flexibility index (Phi) is 14.9. The van der Waals surface area contributed by atoms with Crippen LogP contribution in [0.25, 0.3) is 0 Å². The number of rotatable bonds is 16. The van der Waals surface area contributed by atoms with Crippen LogP contribution in [0, 0.1) is 5.41 Å². The highest BCUT2D eigenvalue weighted by Gasteiger charge is 2.29. The van der Waals surface area contributed by atoms with Gasteiger partial charge in [0.05, 0.1) is 12.5 Å². The SMILES string of the molecule is CC(=O)N[C@H](CSCCCCCCCCC/C=C\CC(=O)O)C(=O)C(C)(C)C. The normalized spacial score (nSPS) is 12.9. The number of amides is 1. The van der Waals surface area contributed by atoms with Gasteiger partial charge in [-0.1, -0.05) is 65.0 Å². The second-order valence-corrected chi connectivity index (χ2v) is 9.42. The smallest absolute Gasteiger partial charge is 0.307 e. The molecule has 0 spiro atoms. The maximum absolute atomic E-state index is 12.4. The van der Waals surface area contributed by atoms with Crippen molar-refractivity contribution in [2.24, 2.45) is 5.41 Å². The van der Waals surface area contributed by atoms with Gasteiger partial charge in [0.2, 0.25) is 5.91 Å². The molecule has 0 bridgehead atoms. The minimum absolute atomic E-state index is 0.0907. The van der Waals surface area contributed by atoms with E-state index < -0.39 is 17.4 Å². The molecule has 0 aromatic rings. The van der Waals surface area contributed by atoms with Gasteiger partial charge in [0.1, 0.15) is 0 Å². The standard InChI is InChI=1S/C22H39NO4S/c1-18(24)23-19(21(27)22(2,3)4)17-28-16-14-12-10-8-6-5-7-9-11-13-15-20(25)26/h11,13,19H,5-10,12,14-17H2,1-4H3,(H,23,24)(H,25,26)/b13-11-/t19-/m1/s1. The highest BCUT2D eigenvalue weighted by atomic mass is 32.2. The summed E-state index contributed by atoms with van der Waals surface area (Å²) in [5.41, 5.74) is -0.445. The lowest BCUT2D eigenvalue weighted by Crippen LogP contribution is -2.46. The molecule has 162 valence electrons. The molecule has 0 aromatic carbocycles. The van der Waals surface area contributed by atoms with Crippen molar-refractivity contribution in [2.75, 3.05) is 11.5 Å². The summed E-state index contributed by atoms with van der Waals surface area (Å²) in [5.74, 6) is 0.821. The van der Waals surface area contributed by atoms with Gasteiger partial charge in [-0.15, -0.1) is 0 Å². The lowest BCUT2D eigenvalue weighted by atomic mass is 9.87. The van der Waals surface area contributed by atoms with Crippen LogP contribution >= 0.6 is 11.8 Å². The van der Waals surface area contributed by atoms with Crippen molar-refractivity contribution < 1.29 is 19.5 Å². The van der Waals surface area contributed by atoms with Gasteiger partial charge in [0.15, 0.2) is 5.78 Å². The molecular weight excluding hydrogens is 374 g/mol. The fraction of sp³-hybridized carbons (Fsp3) is 0.773. The zero-order valence-corrected chi connectivity index (χ0v) is 18.9. The van der Waals surface area contributed by atoms with Crippen LogP contribution in [0.4, 0.5) is 0 Å². The van der Waals surface area contributed by atoms with E-state index in [1.807, 2.05) is 26.8 Å². The summed E-state index contributed by atoms with van der Waals surface area (Å²) in [6.07, 6.45) is 13.1. The average Bonchev–Trinajstić information content (AvgIpc) is 2.58. The second kappa shape index (κ2) is 15.6. The average molecular weight is 414 g/mol. The van der Waals surface area contributed by atoms with Crippen molar-refractivity contribution in [3.63, 3.8) is 0 Å². The number of carbonyl (C=O) groups is 3. The number of carboxylic acid groups (broad SMARTS) is 1. The first-order valence-corrected chi connectivity index (χ1v) is 11.6. The van der Waals surface area contributed by atoms with E-state index in [0.717, 1.165) is 25.0 Å². The topological polar surface area (TPSA) is 83.5 Å². The van der Waals surface area contributed by atoms with E-state index >= 15 is 0 Å². The number of ketones is 1. The summed E-state index contributed by atoms with van der Waals surface area (Å²) >= 11 is 1.74. The van der Waals surface area contributed by atoms with Gasteiger partial charge >= 0.3 is 5.97 Å². The van der Waals surface area contributed by atoms with Gasteiger partial charge in [0, 0.05) is 18.1 Å². The third-order valence-corrected chi connectivity index (χ3v) is 5.48. The zero-order chi connectivity index (χ0) is 21.4. The third-order valence-electron chi connectivity index (χ3n) is 4.34. The fourth-order valence-corrected chi connectivity index (χ4v) is 3.85. The minimum atomic E-state index is -0.777. The fourth-order valence-electron chi connectivity index (χ4n) is 2.80. The van der Waals surface area contributed by atoms with Crippen LogP contribution in [0.3, 0.4) is 0 Å². The van der Waals surface area contributed by atoms with Crippen LogP contribution in [0.15, 0.2) is 12.2 Å². The summed E-state index contributed by atoms with van der Waals surface area (Å²) in [5, 5.41) is 11.3. The number of carboxylic acids is 1. The maximum Gasteiger partial charge on any atom is 0.307 e. The molecular formula is C22H39NO4S. The summed E-state index contributed by atoms with van der Waals surface area (Å²) < 4.78 is 0. The van der Waals surface area contributed by atoms with Crippen LogP contribution in [-0.4, -0.2) is 40.3 Å². The van der Waals surface area contributed by atoms with Gasteiger partial charge in [0.25, 0.3) is 0 Å². The summed E-state index contributed by atoms with van der Waals surface area (Å²) in [7, 11) is 0. The number of allylic oxidation sites excluding steroid dienone is 1. The first-order valence-electron chi connectivity index (χ1n) is 10.4. The van der Waals surface area contributed by atoms with Gasteiger partial charge in [-0.2, -0.15) is 11.8 Å². The predicted molar refractivity (Wildman–Crippen MR) is 118 cm³/mol. The Hall–Kier alpha value is -1.30. The maximum atomic E-state index is 12.4. The molecule has 0 aliphatic rings. The Morgan fingerprint density at radius 2 is 1.54 bits per heavy atom. The van der Waals surface area contributed by atoms with Crippen molar-refractivity contribution >= 4 is 29.4 Å². The molecule has 0 heterocycles. The van der Waals surface area contributed by atoms with Gasteiger partial charge in [-0.05, 0) is 25.0 Å². The Morgan fingerprint density at radius 1 is 0.964 bits per heavy atom. The van der Waals surface area contributed by atoms with Gasteiger partial charge in [-0.3, -0.25) is 14.4 Å². The molecule has 5 nitrogen and oxygen atoms in total. The van der Waals surface area contributed by atoms with Crippen LogP contribution in [0.1, 0.15) is 85.5 Å². The van der Waals surface area contributed by atoms with Crippen molar-refractivity contribution in [3.05, 3.63) is 12.2 Å². The molecule has 1 amide bonds. The van der Waals surface area contributed by atoms with Crippen molar-refractivity contribution in [1.82, 2.24) is 5.32 Å². The molecule has 0 aliphatic carbocycles. The molecule has 0 saturated carbocycles. The molecule has 2 N–H and O–H groups in total. The second-order valence-electron chi connectivity index (χ2n) is 8.28. The monoisotopic (exact) mass is 413 g/mol. The first-order chi connectivity index (χ1) is 13.1. The van der Waals surface area contributed by atoms with Crippen LogP contribution < -0.4 is 5.32 Å². The summed E-state index contributed by atoms with van der Waals surface area (Å²) in [6.45, 7) is 7.13. The number of unbranched alkanes of at least 4 members (excludes halogenated alkanes) is 7. The quantitative estimate of drug-likeness (QED) is 0.275. The number of nitrogens with one attached hydrogen (secondary N) is 1. The lowest BCUT2D eigenvalue weighted by molar-refractivity contribution is -0.136. The van der Waals surface area contributed by atoms with E-state index in [1.165, 1.54) is 39.0 Å². The number of hydrogen-bond acceptors (Lipinski definition) is 4. The highest BCUT2D eigenvalue weighted by Crippen LogP contribution is 2.20. The van der Waals surface area contributed by atoms with Crippen LogP contribution in [0.2, 0.25) is 0 Å². The largest absolute Gasteiger partial charge is 0.481 e. The number of carbonyl (C=O) groups excluding carboxylic acids is 2. The molecule has 0 rings (SSSR count). The molecule has 0 fully saturated rings. The molecule has 0 aromatic heterocycles. The van der Waals surface area contributed by atoms with E-state index in [4.69, 9.17) is 5.11 Å². The lowest BCUT2D eigenvalue weighted by Gasteiger charge is -2.24. The molecule has 0 aliphatic heterocycles. The van der Waals surface area contributed by atoms with E-state index in [-0.39, 0.29) is 18.1 Å². The number of aliphatic carboxylic acids is 1. The predicted octanol–water partition coefficient (Wildman–Crippen LogP) is 4.99. The molecule has 6 heteroatoms. The van der Waals surface area contributed by atoms with E-state index in [9.17, 15) is 14.4 Å². The Balaban J connectivity index is 3.68. The van der Waals surface area contributed by atoms with Crippen molar-refractivity contribution in [2.45, 2.75) is 91.5 Å². The molecule has 28 heavy (non-hydrogen) atoms. The third kappa shape index (κ3) is 15.7. The van der Waals surface area contributed by atoms with E-state index in [2.05, 4.69) is 5.32 Å². The Labute approximate surface area is 175 Å². The number of Topliss-reactive ketones (excluding diaryl/α,β-unsaturated/α-hetero) is 1. The van der Waals surface area contributed by atoms with E-state index in [1.54, 1.807) is 17.8 Å². The van der Waals surface area contributed by atoms with Gasteiger partial charge < -0.3 is 10.4 Å². The number of thioether (sulfide) groups is 1. The van der Waals surface area contributed by atoms with Gasteiger partial charge in [-0.25, -0.2) is 0 Å². The number of hydrogen-bond donors (Lipinski definition) is 2. The molecule has 1 atom stereocenters. The Morgan fingerprint density at radius 3 is 2.07 bits per heavy atom. The Bertz CT molecular complexity index is 497. The zero-order valence-electron chi connectivity index (χ0n) is 18.1.